The third-order valence-corrected chi connectivity index (χ3v) is 13.6. The molecular weight excluding hydrogens is 579 g/mol. The molecule has 0 amide bonds. The van der Waals surface area contributed by atoms with Gasteiger partial charge in [0.05, 0.1) is 11.4 Å². The predicted molar refractivity (Wildman–Crippen MR) is 199 cm³/mol. The summed E-state index contributed by atoms with van der Waals surface area (Å²) in [6, 6.07) is 49.0. The zero-order valence-electron chi connectivity index (χ0n) is 27.9. The highest BCUT2D eigenvalue weighted by Crippen LogP contribution is 2.71. The number of fused-ring (bicyclic) bond motifs is 7. The lowest BCUT2D eigenvalue weighted by Gasteiger charge is -2.61. The molecule has 0 N–H and O–H groups in total. The molecule has 48 heavy (non-hydrogen) atoms. The molecule has 0 heterocycles. The van der Waals surface area contributed by atoms with E-state index in [2.05, 4.69) is 146 Å². The van der Waals surface area contributed by atoms with Gasteiger partial charge in [-0.3, -0.25) is 0 Å². The van der Waals surface area contributed by atoms with E-state index in [1.54, 1.807) is 11.1 Å². The summed E-state index contributed by atoms with van der Waals surface area (Å²) in [5.74, 6) is 3.24. The van der Waals surface area contributed by atoms with Crippen molar-refractivity contribution in [3.8, 4) is 22.3 Å². The topological polar surface area (TPSA) is 3.24 Å². The van der Waals surface area contributed by atoms with Crippen molar-refractivity contribution >= 4 is 27.8 Å². The maximum atomic E-state index is 2.66. The summed E-state index contributed by atoms with van der Waals surface area (Å²) in [4.78, 5) is 2.66. The predicted octanol–water partition coefficient (Wildman–Crippen LogP) is 12.3. The second-order valence-corrected chi connectivity index (χ2v) is 16.2. The van der Waals surface area contributed by atoms with Crippen molar-refractivity contribution < 1.29 is 0 Å². The Morgan fingerprint density at radius 2 is 1.08 bits per heavy atom. The minimum atomic E-state index is -0.0190. The molecule has 234 valence electrons. The fourth-order valence-corrected chi connectivity index (χ4v) is 12.0. The molecule has 0 atom stereocenters. The molecule has 12 rings (SSSR count). The Balaban J connectivity index is 1.22. The van der Waals surface area contributed by atoms with Gasteiger partial charge in [-0.1, -0.05) is 117 Å². The number of rotatable bonds is 3. The van der Waals surface area contributed by atoms with E-state index in [9.17, 15) is 0 Å². The van der Waals surface area contributed by atoms with Crippen molar-refractivity contribution in [2.45, 2.75) is 56.8 Å². The summed E-state index contributed by atoms with van der Waals surface area (Å²) in [5, 5.41) is 2.58. The molecular formula is C47H41N. The zero-order chi connectivity index (χ0) is 31.8. The summed E-state index contributed by atoms with van der Waals surface area (Å²) >= 11 is 0. The van der Waals surface area contributed by atoms with Crippen LogP contribution in [-0.4, -0.2) is 0 Å². The van der Waals surface area contributed by atoms with Crippen LogP contribution in [0.5, 0.6) is 0 Å². The monoisotopic (exact) mass is 619 g/mol. The summed E-state index contributed by atoms with van der Waals surface area (Å²) in [5.41, 5.74) is 15.7. The van der Waals surface area contributed by atoms with Crippen molar-refractivity contribution in [3.63, 3.8) is 0 Å². The van der Waals surface area contributed by atoms with E-state index in [4.69, 9.17) is 0 Å². The van der Waals surface area contributed by atoms with Crippen molar-refractivity contribution in [1.29, 1.82) is 0 Å². The first-order valence-corrected chi connectivity index (χ1v) is 18.3. The molecule has 0 aromatic heterocycles. The minimum Gasteiger partial charge on any atom is -0.310 e. The van der Waals surface area contributed by atoms with Gasteiger partial charge in [-0.25, -0.2) is 0 Å². The summed E-state index contributed by atoms with van der Waals surface area (Å²) < 4.78 is 0. The van der Waals surface area contributed by atoms with Gasteiger partial charge in [0.1, 0.15) is 0 Å². The first-order valence-electron chi connectivity index (χ1n) is 18.3. The second-order valence-electron chi connectivity index (χ2n) is 16.2. The van der Waals surface area contributed by atoms with E-state index in [0.717, 1.165) is 11.8 Å². The highest BCUT2D eigenvalue weighted by molar-refractivity contribution is 6.01. The lowest BCUT2D eigenvalue weighted by atomic mass is 9.43. The molecule has 0 saturated heterocycles. The van der Waals surface area contributed by atoms with Crippen molar-refractivity contribution in [2.75, 3.05) is 4.90 Å². The standard InChI is InChI=1S/C47H41N/c1-46(2)40-17-7-5-15-37(40)39-28-34(21-22-41(39)46)48(43-19-9-12-31-11-3-4-13-35(31)43)44-20-10-16-38-36-14-6-8-18-42(36)47(45(38)44)32-24-29-23-30(26-32)27-33(47)25-29/h3-22,28-30,32-33H,23-27H2,1-2H3. The van der Waals surface area contributed by atoms with E-state index in [0.29, 0.717) is 11.8 Å². The average Bonchev–Trinajstić information content (AvgIpc) is 3.54. The van der Waals surface area contributed by atoms with Crippen LogP contribution in [0.4, 0.5) is 17.1 Å². The van der Waals surface area contributed by atoms with Crippen LogP contribution in [-0.2, 0) is 10.8 Å². The van der Waals surface area contributed by atoms with Crippen LogP contribution >= 0.6 is 0 Å². The molecule has 4 saturated carbocycles. The van der Waals surface area contributed by atoms with Crippen molar-refractivity contribution in [3.05, 3.63) is 150 Å². The number of anilines is 3. The van der Waals surface area contributed by atoms with E-state index < -0.39 is 0 Å². The summed E-state index contributed by atoms with van der Waals surface area (Å²) in [6.07, 6.45) is 7.00. The number of nitrogens with zero attached hydrogens (tertiary/aromatic N) is 1. The van der Waals surface area contributed by atoms with Gasteiger partial charge in [-0.15, -0.1) is 0 Å². The highest BCUT2D eigenvalue weighted by atomic mass is 15.1. The third-order valence-electron chi connectivity index (χ3n) is 13.6. The molecule has 4 fully saturated rings. The second kappa shape index (κ2) is 9.50. The van der Waals surface area contributed by atoms with E-state index in [-0.39, 0.29) is 10.8 Å². The Hall–Kier alpha value is -4.62. The van der Waals surface area contributed by atoms with Crippen molar-refractivity contribution in [1.82, 2.24) is 0 Å². The quantitative estimate of drug-likeness (QED) is 0.190. The molecule has 1 heteroatoms. The van der Waals surface area contributed by atoms with Crippen LogP contribution in [0.3, 0.4) is 0 Å². The summed E-state index contributed by atoms with van der Waals surface area (Å²) in [7, 11) is 0. The van der Waals surface area contributed by atoms with Gasteiger partial charge in [0.15, 0.2) is 0 Å². The SMILES string of the molecule is CC1(C)c2ccccc2-c2cc(N(c3cccc4c3C3(c5ccccc5-4)C4CC5CC(C4)CC3C5)c3cccc4ccccc34)ccc21. The molecule has 0 radical (unpaired) electrons. The summed E-state index contributed by atoms with van der Waals surface area (Å²) in [6.45, 7) is 4.77. The Labute approximate surface area is 284 Å². The zero-order valence-corrected chi connectivity index (χ0v) is 27.9. The Kier molecular flexibility index (Phi) is 5.41. The van der Waals surface area contributed by atoms with E-state index in [1.807, 2.05) is 0 Å². The van der Waals surface area contributed by atoms with Gasteiger partial charge in [-0.05, 0) is 130 Å². The van der Waals surface area contributed by atoms with Crippen LogP contribution in [0, 0.1) is 23.7 Å². The molecule has 1 nitrogen and oxygen atoms in total. The van der Waals surface area contributed by atoms with Crippen molar-refractivity contribution in [2.24, 2.45) is 23.7 Å². The molecule has 0 aliphatic heterocycles. The fraction of sp³-hybridized carbons (Fsp3) is 0.277. The van der Waals surface area contributed by atoms with Gasteiger partial charge in [0.2, 0.25) is 0 Å². The van der Waals surface area contributed by atoms with Crippen LogP contribution in [0.15, 0.2) is 127 Å². The lowest BCUT2D eigenvalue weighted by molar-refractivity contribution is -0.0397. The van der Waals surface area contributed by atoms with Crippen LogP contribution in [0.25, 0.3) is 33.0 Å². The van der Waals surface area contributed by atoms with E-state index in [1.165, 1.54) is 93.3 Å². The Bertz CT molecular complexity index is 2270. The van der Waals surface area contributed by atoms with Crippen LogP contribution in [0.2, 0.25) is 0 Å². The van der Waals surface area contributed by atoms with Gasteiger partial charge in [-0.2, -0.15) is 0 Å². The molecule has 1 spiro atoms. The highest BCUT2D eigenvalue weighted by Gasteiger charge is 2.62. The largest absolute Gasteiger partial charge is 0.310 e. The number of hydrogen-bond acceptors (Lipinski definition) is 1. The molecule has 6 aliphatic carbocycles. The normalized spacial score (nSPS) is 26.4. The van der Waals surface area contributed by atoms with Gasteiger partial charge in [0, 0.05) is 21.9 Å². The number of benzene rings is 6. The maximum Gasteiger partial charge on any atom is 0.0540 e. The minimum absolute atomic E-state index is 0.0190. The van der Waals surface area contributed by atoms with E-state index >= 15 is 0 Å². The maximum absolute atomic E-state index is 2.66. The average molecular weight is 620 g/mol. The first-order chi connectivity index (χ1) is 23.5. The molecule has 6 aromatic carbocycles. The number of hydrogen-bond donors (Lipinski definition) is 0. The molecule has 0 unspecified atom stereocenters. The van der Waals surface area contributed by atoms with Gasteiger partial charge >= 0.3 is 0 Å². The Morgan fingerprint density at radius 3 is 1.88 bits per heavy atom. The molecule has 6 aliphatic rings. The van der Waals surface area contributed by atoms with Gasteiger partial charge < -0.3 is 4.90 Å². The lowest BCUT2D eigenvalue weighted by Crippen LogP contribution is -2.55. The van der Waals surface area contributed by atoms with Gasteiger partial charge in [0.25, 0.3) is 0 Å². The van der Waals surface area contributed by atoms with Crippen LogP contribution < -0.4 is 4.90 Å². The fourth-order valence-electron chi connectivity index (χ4n) is 12.0. The molecule has 4 bridgehead atoms. The first kappa shape index (κ1) is 27.3. The smallest absolute Gasteiger partial charge is 0.0540 e. The third kappa shape index (κ3) is 3.38. The Morgan fingerprint density at radius 1 is 0.500 bits per heavy atom. The van der Waals surface area contributed by atoms with Crippen LogP contribution in [0.1, 0.15) is 68.2 Å². The molecule has 6 aromatic rings.